The molecule has 2 saturated heterocycles. The summed E-state index contributed by atoms with van der Waals surface area (Å²) in [5, 5.41) is 6.61. The lowest BCUT2D eigenvalue weighted by molar-refractivity contribution is 0.208. The van der Waals surface area contributed by atoms with E-state index in [0.29, 0.717) is 34.9 Å². The Morgan fingerprint density at radius 2 is 1.69 bits per heavy atom. The van der Waals surface area contributed by atoms with Crippen LogP contribution in [0.3, 0.4) is 0 Å². The number of rotatable bonds is 9. The van der Waals surface area contributed by atoms with Crippen LogP contribution in [0.5, 0.6) is 5.75 Å². The number of ether oxygens (including phenoxy) is 1. The zero-order valence-electron chi connectivity index (χ0n) is 22.2. The van der Waals surface area contributed by atoms with Gasteiger partial charge < -0.3 is 25.2 Å². The smallest absolute Gasteiger partial charge is 0.229 e. The van der Waals surface area contributed by atoms with Gasteiger partial charge in [0.1, 0.15) is 10.8 Å². The van der Waals surface area contributed by atoms with Crippen LogP contribution in [0.15, 0.2) is 48.7 Å². The number of para-hydroxylation sites is 2. The lowest BCUT2D eigenvalue weighted by Gasteiger charge is -2.38. The number of nitrogens with zero attached hydrogens (tertiary/aromatic N) is 4. The lowest BCUT2D eigenvalue weighted by atomic mass is 10.0. The molecule has 0 aliphatic carbocycles. The normalized spacial score (nSPS) is 16.7. The molecule has 0 amide bonds. The third-order valence-corrected chi connectivity index (χ3v) is 8.01. The van der Waals surface area contributed by atoms with Gasteiger partial charge in [-0.05, 0) is 63.0 Å². The first-order valence-corrected chi connectivity index (χ1v) is 15.4. The van der Waals surface area contributed by atoms with Gasteiger partial charge >= 0.3 is 0 Å². The van der Waals surface area contributed by atoms with Gasteiger partial charge in [-0.15, -0.1) is 0 Å². The minimum Gasteiger partial charge on any atom is -0.494 e. The maximum Gasteiger partial charge on any atom is 0.229 e. The summed E-state index contributed by atoms with van der Waals surface area (Å²) >= 11 is 6.36. The van der Waals surface area contributed by atoms with Crippen molar-refractivity contribution in [1.29, 1.82) is 0 Å². The number of aromatic nitrogens is 2. The van der Waals surface area contributed by atoms with Crippen LogP contribution in [0.2, 0.25) is 5.02 Å². The molecule has 3 N–H and O–H groups in total. The average Bonchev–Trinajstić information content (AvgIpc) is 3.46. The molecule has 0 bridgehead atoms. The van der Waals surface area contributed by atoms with E-state index in [1.54, 1.807) is 31.4 Å². The Morgan fingerprint density at radius 3 is 2.38 bits per heavy atom. The topological polar surface area (TPSA) is 112 Å². The van der Waals surface area contributed by atoms with Gasteiger partial charge in [0.15, 0.2) is 5.82 Å². The second-order valence-corrected chi connectivity index (χ2v) is 12.1. The van der Waals surface area contributed by atoms with Gasteiger partial charge in [-0.2, -0.15) is 4.98 Å². The van der Waals surface area contributed by atoms with E-state index in [-0.39, 0.29) is 5.02 Å². The van der Waals surface area contributed by atoms with Crippen molar-refractivity contribution < 1.29 is 13.2 Å². The molecular formula is C27H34ClN7O3S. The van der Waals surface area contributed by atoms with Crippen LogP contribution in [0, 0.1) is 0 Å². The summed E-state index contributed by atoms with van der Waals surface area (Å²) in [5.74, 6) is 1.33. The van der Waals surface area contributed by atoms with Crippen LogP contribution in [0.4, 0.5) is 34.5 Å². The number of anilines is 6. The van der Waals surface area contributed by atoms with Gasteiger partial charge in [0.25, 0.3) is 0 Å². The summed E-state index contributed by atoms with van der Waals surface area (Å²) in [6.07, 6.45) is 7.60. The van der Waals surface area contributed by atoms with Crippen molar-refractivity contribution in [2.45, 2.75) is 31.7 Å². The Hall–Kier alpha value is -3.28. The van der Waals surface area contributed by atoms with Crippen molar-refractivity contribution in [3.05, 3.63) is 53.7 Å². The fourth-order valence-electron chi connectivity index (χ4n) is 5.22. The molecule has 0 atom stereocenters. The Kier molecular flexibility index (Phi) is 8.29. The fraction of sp³-hybridized carbons (Fsp3) is 0.407. The third-order valence-electron chi connectivity index (χ3n) is 7.14. The first kappa shape index (κ1) is 27.3. The molecule has 39 heavy (non-hydrogen) atoms. The zero-order chi connectivity index (χ0) is 27.4. The molecule has 1 aromatic heterocycles. The van der Waals surface area contributed by atoms with E-state index in [1.165, 1.54) is 45.0 Å². The van der Waals surface area contributed by atoms with E-state index in [1.807, 2.05) is 12.1 Å². The van der Waals surface area contributed by atoms with Gasteiger partial charge in [0.05, 0.1) is 36.6 Å². The number of hydrogen-bond donors (Lipinski definition) is 3. The van der Waals surface area contributed by atoms with E-state index >= 15 is 0 Å². The molecule has 2 aromatic carbocycles. The highest BCUT2D eigenvalue weighted by atomic mass is 35.5. The highest BCUT2D eigenvalue weighted by molar-refractivity contribution is 7.92. The van der Waals surface area contributed by atoms with E-state index < -0.39 is 10.0 Å². The number of halogens is 1. The van der Waals surface area contributed by atoms with Crippen LogP contribution in [0.1, 0.15) is 25.7 Å². The number of hydrogen-bond acceptors (Lipinski definition) is 9. The first-order valence-electron chi connectivity index (χ1n) is 13.1. The quantitative estimate of drug-likeness (QED) is 0.324. The van der Waals surface area contributed by atoms with E-state index in [4.69, 9.17) is 16.3 Å². The SMILES string of the molecule is COc1cc(N2CCC(N3CCCC3)CC2)ccc1Nc1ncc(Cl)c(Nc2ccccc2NS(C)(=O)=O)n1. The molecule has 0 unspecified atom stereocenters. The highest BCUT2D eigenvalue weighted by Gasteiger charge is 2.26. The van der Waals surface area contributed by atoms with Gasteiger partial charge in [0.2, 0.25) is 16.0 Å². The monoisotopic (exact) mass is 571 g/mol. The molecule has 2 fully saturated rings. The van der Waals surface area contributed by atoms with Crippen molar-refractivity contribution in [3.63, 3.8) is 0 Å². The highest BCUT2D eigenvalue weighted by Crippen LogP contribution is 2.34. The number of piperidine rings is 1. The maximum atomic E-state index is 11.8. The maximum absolute atomic E-state index is 11.8. The molecule has 0 spiro atoms. The van der Waals surface area contributed by atoms with Gasteiger partial charge in [0, 0.05) is 30.9 Å². The van der Waals surface area contributed by atoms with Crippen molar-refractivity contribution >= 4 is 56.1 Å². The zero-order valence-corrected chi connectivity index (χ0v) is 23.7. The molecule has 2 aliphatic rings. The molecule has 12 heteroatoms. The summed E-state index contributed by atoms with van der Waals surface area (Å²) in [5.41, 5.74) is 2.74. The number of nitrogens with one attached hydrogen (secondary N) is 3. The van der Waals surface area contributed by atoms with Crippen LogP contribution < -0.4 is 25.0 Å². The minimum atomic E-state index is -3.46. The molecule has 10 nitrogen and oxygen atoms in total. The summed E-state index contributed by atoms with van der Waals surface area (Å²) < 4.78 is 31.7. The largest absolute Gasteiger partial charge is 0.494 e. The van der Waals surface area contributed by atoms with Crippen LogP contribution in [-0.2, 0) is 10.0 Å². The molecular weight excluding hydrogens is 538 g/mol. The standard InChI is InChI=1S/C27H34ClN7O3S/c1-38-25-17-20(35-15-11-19(12-16-35)34-13-5-6-14-34)9-10-24(25)31-27-29-18-21(28)26(32-27)30-22-7-3-4-8-23(22)33-39(2,36)37/h3-4,7-10,17-19,33H,5-6,11-16H2,1-2H3,(H2,29,30,31,32). The van der Waals surface area contributed by atoms with Crippen molar-refractivity contribution in [1.82, 2.24) is 14.9 Å². The lowest BCUT2D eigenvalue weighted by Crippen LogP contribution is -2.43. The Labute approximate surface area is 234 Å². The summed E-state index contributed by atoms with van der Waals surface area (Å²) in [6.45, 7) is 4.55. The van der Waals surface area contributed by atoms with E-state index in [2.05, 4.69) is 41.2 Å². The van der Waals surface area contributed by atoms with Crippen molar-refractivity contribution in [2.24, 2.45) is 0 Å². The Bertz CT molecular complexity index is 1410. The molecule has 0 saturated carbocycles. The molecule has 0 radical (unpaired) electrons. The number of benzene rings is 2. The second kappa shape index (κ2) is 11.8. The molecule has 2 aliphatic heterocycles. The van der Waals surface area contributed by atoms with Gasteiger partial charge in [-0.25, -0.2) is 13.4 Å². The van der Waals surface area contributed by atoms with Crippen LogP contribution in [-0.4, -0.2) is 68.9 Å². The van der Waals surface area contributed by atoms with Crippen LogP contribution in [0.25, 0.3) is 0 Å². The first-order chi connectivity index (χ1) is 18.8. The Balaban J connectivity index is 1.29. The number of likely N-dealkylation sites (tertiary alicyclic amines) is 1. The van der Waals surface area contributed by atoms with Gasteiger partial charge in [-0.1, -0.05) is 23.7 Å². The molecule has 3 aromatic rings. The molecule has 3 heterocycles. The van der Waals surface area contributed by atoms with Gasteiger partial charge in [-0.3, -0.25) is 4.72 Å². The van der Waals surface area contributed by atoms with E-state index in [0.717, 1.165) is 30.7 Å². The van der Waals surface area contributed by atoms with Crippen molar-refractivity contribution in [3.8, 4) is 5.75 Å². The predicted molar refractivity (Wildman–Crippen MR) is 158 cm³/mol. The fourth-order valence-corrected chi connectivity index (χ4v) is 5.94. The minimum absolute atomic E-state index is 0.286. The third kappa shape index (κ3) is 6.84. The summed E-state index contributed by atoms with van der Waals surface area (Å²) in [7, 11) is -1.82. The summed E-state index contributed by atoms with van der Waals surface area (Å²) in [6, 6.07) is 13.7. The molecule has 208 valence electrons. The average molecular weight is 572 g/mol. The molecule has 5 rings (SSSR count). The Morgan fingerprint density at radius 1 is 0.974 bits per heavy atom. The van der Waals surface area contributed by atoms with Crippen LogP contribution >= 0.6 is 11.6 Å². The van der Waals surface area contributed by atoms with E-state index in [9.17, 15) is 8.42 Å². The van der Waals surface area contributed by atoms with Crippen molar-refractivity contribution in [2.75, 3.05) is 59.8 Å². The number of sulfonamides is 1. The summed E-state index contributed by atoms with van der Waals surface area (Å²) in [4.78, 5) is 13.9. The predicted octanol–water partition coefficient (Wildman–Crippen LogP) is 5.06. The second-order valence-electron chi connectivity index (χ2n) is 9.91. The number of methoxy groups -OCH3 is 1.